The van der Waals surface area contributed by atoms with Crippen molar-refractivity contribution in [2.45, 2.75) is 84.0 Å². The molecule has 0 aromatic heterocycles. The zero-order chi connectivity index (χ0) is 14.2. The van der Waals surface area contributed by atoms with Crippen molar-refractivity contribution in [2.75, 3.05) is 20.6 Å². The van der Waals surface area contributed by atoms with Crippen molar-refractivity contribution in [1.82, 2.24) is 4.90 Å². The number of rotatable bonds is 14. The number of hydrogen-bond acceptors (Lipinski definition) is 1. The van der Waals surface area contributed by atoms with Gasteiger partial charge >= 0.3 is 0 Å². The van der Waals surface area contributed by atoms with Crippen molar-refractivity contribution >= 4 is 0 Å². The van der Waals surface area contributed by atoms with Crippen LogP contribution in [0.3, 0.4) is 0 Å². The maximum absolute atomic E-state index is 2.29. The number of unbranched alkanes of at least 4 members (excludes halogenated alkanes) is 11. The Morgan fingerprint density at radius 2 is 1.05 bits per heavy atom. The van der Waals surface area contributed by atoms with Gasteiger partial charge in [0.15, 0.2) is 0 Å². The summed E-state index contributed by atoms with van der Waals surface area (Å²) in [5.41, 5.74) is 0. The van der Waals surface area contributed by atoms with E-state index in [1.807, 2.05) is 0 Å². The molecular formula is C18H37N. The van der Waals surface area contributed by atoms with E-state index >= 15 is 0 Å². The fourth-order valence-corrected chi connectivity index (χ4v) is 2.45. The van der Waals surface area contributed by atoms with Gasteiger partial charge in [-0.15, -0.1) is 0 Å². The van der Waals surface area contributed by atoms with Crippen LogP contribution in [0.15, 0.2) is 12.2 Å². The minimum absolute atomic E-state index is 1.26. The van der Waals surface area contributed by atoms with Gasteiger partial charge < -0.3 is 4.90 Å². The molecule has 0 radical (unpaired) electrons. The van der Waals surface area contributed by atoms with Gasteiger partial charge in [-0.25, -0.2) is 0 Å². The second-order valence-corrected chi connectivity index (χ2v) is 6.05. The third-order valence-corrected chi connectivity index (χ3v) is 3.71. The second-order valence-electron chi connectivity index (χ2n) is 6.05. The second kappa shape index (κ2) is 15.8. The normalized spacial score (nSPS) is 11.8. The molecule has 114 valence electrons. The van der Waals surface area contributed by atoms with Crippen molar-refractivity contribution < 1.29 is 0 Å². The minimum atomic E-state index is 1.26. The third kappa shape index (κ3) is 17.7. The van der Waals surface area contributed by atoms with Gasteiger partial charge in [0.05, 0.1) is 0 Å². The molecule has 0 bridgehead atoms. The van der Waals surface area contributed by atoms with Crippen LogP contribution >= 0.6 is 0 Å². The summed E-state index contributed by atoms with van der Waals surface area (Å²) >= 11 is 0. The zero-order valence-electron chi connectivity index (χ0n) is 13.8. The van der Waals surface area contributed by atoms with Crippen LogP contribution in [0, 0.1) is 0 Å². The van der Waals surface area contributed by atoms with E-state index in [1.54, 1.807) is 0 Å². The molecular weight excluding hydrogens is 230 g/mol. The predicted octanol–water partition coefficient (Wildman–Crippen LogP) is 5.81. The Balaban J connectivity index is 2.95. The summed E-state index contributed by atoms with van der Waals surface area (Å²) in [6.45, 7) is 3.37. The Morgan fingerprint density at radius 1 is 0.632 bits per heavy atom. The van der Waals surface area contributed by atoms with Gasteiger partial charge in [-0.05, 0) is 46.8 Å². The molecule has 0 N–H and O–H groups in total. The van der Waals surface area contributed by atoms with E-state index < -0.39 is 0 Å². The van der Waals surface area contributed by atoms with Crippen LogP contribution in [-0.4, -0.2) is 25.5 Å². The van der Waals surface area contributed by atoms with Gasteiger partial charge in [0.25, 0.3) is 0 Å². The van der Waals surface area contributed by atoms with E-state index in [0.717, 1.165) is 0 Å². The molecule has 0 aliphatic carbocycles. The molecule has 0 fully saturated rings. The SMILES string of the molecule is C/C=C/CCCCCCCCCCCCCN(C)C. The van der Waals surface area contributed by atoms with Gasteiger partial charge in [-0.3, -0.25) is 0 Å². The molecule has 0 aliphatic heterocycles. The highest BCUT2D eigenvalue weighted by Crippen LogP contribution is 2.12. The van der Waals surface area contributed by atoms with Gasteiger partial charge in [0, 0.05) is 0 Å². The lowest BCUT2D eigenvalue weighted by Crippen LogP contribution is -2.12. The molecule has 0 aliphatic rings. The molecule has 1 nitrogen and oxygen atoms in total. The van der Waals surface area contributed by atoms with Crippen LogP contribution < -0.4 is 0 Å². The summed E-state index contributed by atoms with van der Waals surface area (Å²) < 4.78 is 0. The van der Waals surface area contributed by atoms with Crippen molar-refractivity contribution in [3.63, 3.8) is 0 Å². The lowest BCUT2D eigenvalue weighted by atomic mass is 10.1. The topological polar surface area (TPSA) is 3.24 Å². The highest BCUT2D eigenvalue weighted by Gasteiger charge is 1.94. The Labute approximate surface area is 122 Å². The Bertz CT molecular complexity index is 184. The average molecular weight is 268 g/mol. The molecule has 0 aromatic rings. The van der Waals surface area contributed by atoms with E-state index in [2.05, 4.69) is 38.1 Å². The van der Waals surface area contributed by atoms with E-state index in [9.17, 15) is 0 Å². The highest BCUT2D eigenvalue weighted by molar-refractivity contribution is 4.76. The minimum Gasteiger partial charge on any atom is -0.309 e. The van der Waals surface area contributed by atoms with Crippen LogP contribution in [0.25, 0.3) is 0 Å². The summed E-state index contributed by atoms with van der Waals surface area (Å²) in [7, 11) is 4.33. The molecule has 19 heavy (non-hydrogen) atoms. The molecule has 0 saturated heterocycles. The molecule has 0 rings (SSSR count). The maximum atomic E-state index is 2.29. The van der Waals surface area contributed by atoms with Crippen LogP contribution in [0.2, 0.25) is 0 Å². The Kier molecular flexibility index (Phi) is 15.5. The van der Waals surface area contributed by atoms with Gasteiger partial charge in [-0.2, -0.15) is 0 Å². The standard InChI is InChI=1S/C18H37N/c1-4-5-6-7-8-9-10-11-12-13-14-15-16-17-18-19(2)3/h4-5H,6-18H2,1-3H3/b5-4+. The molecule has 0 aromatic carbocycles. The smallest absolute Gasteiger partial charge is 0.00248 e. The molecule has 0 atom stereocenters. The third-order valence-electron chi connectivity index (χ3n) is 3.71. The Morgan fingerprint density at radius 3 is 1.47 bits per heavy atom. The molecule has 0 spiro atoms. The zero-order valence-corrected chi connectivity index (χ0v) is 13.8. The van der Waals surface area contributed by atoms with Crippen LogP contribution in [0.4, 0.5) is 0 Å². The summed E-state index contributed by atoms with van der Waals surface area (Å²) in [4.78, 5) is 2.29. The fraction of sp³-hybridized carbons (Fsp3) is 0.889. The van der Waals surface area contributed by atoms with Crippen molar-refractivity contribution in [1.29, 1.82) is 0 Å². The van der Waals surface area contributed by atoms with Gasteiger partial charge in [0.2, 0.25) is 0 Å². The first-order valence-corrected chi connectivity index (χ1v) is 8.53. The van der Waals surface area contributed by atoms with Crippen molar-refractivity contribution in [3.05, 3.63) is 12.2 Å². The van der Waals surface area contributed by atoms with Crippen molar-refractivity contribution in [2.24, 2.45) is 0 Å². The van der Waals surface area contributed by atoms with Gasteiger partial charge in [-0.1, -0.05) is 69.9 Å². The van der Waals surface area contributed by atoms with E-state index in [-0.39, 0.29) is 0 Å². The average Bonchev–Trinajstić information content (AvgIpc) is 2.39. The first-order valence-electron chi connectivity index (χ1n) is 8.53. The van der Waals surface area contributed by atoms with Crippen molar-refractivity contribution in [3.8, 4) is 0 Å². The fourth-order valence-electron chi connectivity index (χ4n) is 2.45. The van der Waals surface area contributed by atoms with E-state index in [1.165, 1.54) is 83.6 Å². The maximum Gasteiger partial charge on any atom is -0.00248 e. The number of nitrogens with zero attached hydrogens (tertiary/aromatic N) is 1. The first kappa shape index (κ1) is 18.7. The summed E-state index contributed by atoms with van der Waals surface area (Å²) in [5.74, 6) is 0. The number of hydrogen-bond donors (Lipinski definition) is 0. The highest BCUT2D eigenvalue weighted by atomic mass is 15.0. The van der Waals surface area contributed by atoms with Crippen LogP contribution in [0.5, 0.6) is 0 Å². The lowest BCUT2D eigenvalue weighted by molar-refractivity contribution is 0.389. The lowest BCUT2D eigenvalue weighted by Gasteiger charge is -2.08. The summed E-state index contributed by atoms with van der Waals surface area (Å²) in [5, 5.41) is 0. The molecule has 0 heterocycles. The largest absolute Gasteiger partial charge is 0.309 e. The van der Waals surface area contributed by atoms with Gasteiger partial charge in [0.1, 0.15) is 0 Å². The van der Waals surface area contributed by atoms with Crippen LogP contribution in [-0.2, 0) is 0 Å². The van der Waals surface area contributed by atoms with E-state index in [4.69, 9.17) is 0 Å². The quantitative estimate of drug-likeness (QED) is 0.284. The molecule has 0 saturated carbocycles. The molecule has 1 heteroatoms. The predicted molar refractivity (Wildman–Crippen MR) is 88.8 cm³/mol. The molecule has 0 amide bonds. The van der Waals surface area contributed by atoms with E-state index in [0.29, 0.717) is 0 Å². The molecule has 0 unspecified atom stereocenters. The van der Waals surface area contributed by atoms with Crippen LogP contribution in [0.1, 0.15) is 84.0 Å². The number of allylic oxidation sites excluding steroid dienone is 2. The monoisotopic (exact) mass is 267 g/mol. The summed E-state index contributed by atoms with van der Waals surface area (Å²) in [6, 6.07) is 0. The summed E-state index contributed by atoms with van der Waals surface area (Å²) in [6.07, 6.45) is 21.5. The Hall–Kier alpha value is -0.300. The first-order chi connectivity index (χ1) is 9.27.